The van der Waals surface area contributed by atoms with Gasteiger partial charge in [0.25, 0.3) is 5.82 Å². The van der Waals surface area contributed by atoms with E-state index in [1.165, 1.54) is 0 Å². The number of aromatic nitrogens is 2. The number of hydrogen-bond donors (Lipinski definition) is 1. The first kappa shape index (κ1) is 8.38. The molecular weight excluding hydrogens is 182 g/mol. The van der Waals surface area contributed by atoms with Crippen LogP contribution < -0.4 is 4.74 Å². The predicted molar refractivity (Wildman–Crippen MR) is 52.4 cm³/mol. The summed E-state index contributed by atoms with van der Waals surface area (Å²) in [5.74, 6) is 1.05. The second-order valence-corrected chi connectivity index (χ2v) is 2.67. The van der Waals surface area contributed by atoms with Gasteiger partial charge in [0.1, 0.15) is 5.75 Å². The van der Waals surface area contributed by atoms with Crippen LogP contribution in [0.1, 0.15) is 5.82 Å². The molecule has 1 aromatic heterocycles. The van der Waals surface area contributed by atoms with Crippen LogP contribution in [-0.2, 0) is 0 Å². The van der Waals surface area contributed by atoms with E-state index in [4.69, 9.17) is 4.74 Å². The lowest BCUT2D eigenvalue weighted by Crippen LogP contribution is -1.81. The molecule has 1 heterocycles. The summed E-state index contributed by atoms with van der Waals surface area (Å²) >= 11 is 0. The van der Waals surface area contributed by atoms with Gasteiger partial charge in [-0.15, -0.1) is 0 Å². The maximum absolute atomic E-state index is 9.93. The lowest BCUT2D eigenvalue weighted by Gasteiger charge is -1.96. The molecule has 0 spiro atoms. The zero-order valence-corrected chi connectivity index (χ0v) is 7.44. The number of nitrogens with zero attached hydrogens (tertiary/aromatic N) is 2. The van der Waals surface area contributed by atoms with E-state index < -0.39 is 0 Å². The molecule has 70 valence electrons. The number of aromatic amines is 1. The van der Waals surface area contributed by atoms with Crippen molar-refractivity contribution in [2.24, 2.45) is 0 Å². The lowest BCUT2D eigenvalue weighted by atomic mass is 10.3. The fraction of sp³-hybridized carbons (Fsp3) is 0.111. The van der Waals surface area contributed by atoms with Gasteiger partial charge in [0.2, 0.25) is 0 Å². The Kier molecular flexibility index (Phi) is 1.95. The molecule has 0 aliphatic carbocycles. The standard InChI is InChI=1S/C9H7N3O2/c1-14-6-2-3-7-8(4-6)12-9(11-7)5-10-13/h2-4H,1H3,(H,11,12). The highest BCUT2D eigenvalue weighted by Gasteiger charge is 2.04. The van der Waals surface area contributed by atoms with Gasteiger partial charge in [0.15, 0.2) is 0 Å². The second-order valence-electron chi connectivity index (χ2n) is 2.67. The van der Waals surface area contributed by atoms with Gasteiger partial charge in [-0.2, -0.15) is 0 Å². The van der Waals surface area contributed by atoms with Crippen molar-refractivity contribution < 1.29 is 4.74 Å². The highest BCUT2D eigenvalue weighted by atomic mass is 16.5. The maximum atomic E-state index is 9.93. The molecular formula is C9H7N3O2. The van der Waals surface area contributed by atoms with Gasteiger partial charge in [0, 0.05) is 11.1 Å². The van der Waals surface area contributed by atoms with Crippen molar-refractivity contribution in [3.63, 3.8) is 0 Å². The number of H-pyrrole nitrogens is 1. The molecule has 0 aliphatic rings. The highest BCUT2D eigenvalue weighted by molar-refractivity contribution is 5.77. The number of hydrogen-bond acceptors (Lipinski definition) is 3. The average Bonchev–Trinajstić information content (AvgIpc) is 2.59. The van der Waals surface area contributed by atoms with Crippen molar-refractivity contribution in [1.29, 1.82) is 0 Å². The number of benzene rings is 1. The Hall–Kier alpha value is -2.22. The first-order valence-electron chi connectivity index (χ1n) is 3.95. The third-order valence-corrected chi connectivity index (χ3v) is 1.84. The van der Waals surface area contributed by atoms with E-state index in [0.717, 1.165) is 16.8 Å². The monoisotopic (exact) mass is 189 g/mol. The Labute approximate surface area is 79.7 Å². The van der Waals surface area contributed by atoms with Crippen molar-refractivity contribution in [2.45, 2.75) is 0 Å². The predicted octanol–water partition coefficient (Wildman–Crippen LogP) is 1.75. The third kappa shape index (κ3) is 1.33. The number of ether oxygens (including phenoxy) is 1. The van der Waals surface area contributed by atoms with E-state index in [2.05, 4.69) is 21.0 Å². The molecule has 0 fully saturated rings. The maximum Gasteiger partial charge on any atom is 0.376 e. The Balaban J connectivity index is 2.57. The third-order valence-electron chi connectivity index (χ3n) is 1.84. The van der Waals surface area contributed by atoms with Crippen LogP contribution >= 0.6 is 0 Å². The molecule has 0 bridgehead atoms. The number of fused-ring (bicyclic) bond motifs is 1. The molecule has 1 N–H and O–H groups in total. The normalized spacial score (nSPS) is 9.50. The lowest BCUT2D eigenvalue weighted by molar-refractivity contribution is 0.415. The van der Waals surface area contributed by atoms with E-state index in [-0.39, 0.29) is 0 Å². The largest absolute Gasteiger partial charge is 0.498 e. The molecule has 14 heavy (non-hydrogen) atoms. The molecule has 2 rings (SSSR count). The molecule has 5 heteroatoms. The van der Waals surface area contributed by atoms with Crippen LogP contribution in [0.4, 0.5) is 0 Å². The Morgan fingerprint density at radius 2 is 2.43 bits per heavy atom. The van der Waals surface area contributed by atoms with Crippen LogP contribution in [0.5, 0.6) is 5.75 Å². The van der Waals surface area contributed by atoms with Gasteiger partial charge in [-0.25, -0.2) is 4.98 Å². The zero-order chi connectivity index (χ0) is 9.97. The van der Waals surface area contributed by atoms with Crippen LogP contribution in [0.3, 0.4) is 0 Å². The quantitative estimate of drug-likeness (QED) is 0.695. The van der Waals surface area contributed by atoms with Crippen molar-refractivity contribution in [3.05, 3.63) is 34.2 Å². The number of methoxy groups -OCH3 is 1. The number of imidazole rings is 1. The molecule has 2 aromatic rings. The number of nitrogens with one attached hydrogen (secondary N) is 1. The summed E-state index contributed by atoms with van der Waals surface area (Å²) in [6.07, 6.45) is 0. The Morgan fingerprint density at radius 1 is 1.57 bits per heavy atom. The van der Waals surface area contributed by atoms with Crippen molar-refractivity contribution in [1.82, 2.24) is 9.97 Å². The molecule has 5 nitrogen and oxygen atoms in total. The second kappa shape index (κ2) is 3.26. The SMILES string of the molecule is COc1ccc2nc(C#[N+][O-])[nH]c2c1. The topological polar surface area (TPSA) is 65.3 Å². The number of rotatable bonds is 1. The fourth-order valence-electron chi connectivity index (χ4n) is 1.21. The van der Waals surface area contributed by atoms with Gasteiger partial charge >= 0.3 is 6.07 Å². The summed E-state index contributed by atoms with van der Waals surface area (Å²) in [4.78, 5) is 6.94. The fourth-order valence-corrected chi connectivity index (χ4v) is 1.21. The molecule has 0 amide bonds. The van der Waals surface area contributed by atoms with Crippen molar-refractivity contribution >= 4 is 11.0 Å². The van der Waals surface area contributed by atoms with Crippen LogP contribution in [0.25, 0.3) is 16.0 Å². The molecule has 0 unspecified atom stereocenters. The summed E-state index contributed by atoms with van der Waals surface area (Å²) in [5.41, 5.74) is 1.53. The smallest absolute Gasteiger partial charge is 0.376 e. The molecule has 0 atom stereocenters. The van der Waals surface area contributed by atoms with Crippen LogP contribution in [0, 0.1) is 11.3 Å². The molecule has 0 radical (unpaired) electrons. The van der Waals surface area contributed by atoms with Gasteiger partial charge < -0.3 is 14.9 Å². The summed E-state index contributed by atoms with van der Waals surface area (Å²) in [6.45, 7) is 0. The first-order chi connectivity index (χ1) is 6.83. The minimum atomic E-state index is 0.322. The van der Waals surface area contributed by atoms with Gasteiger partial charge in [0.05, 0.1) is 18.1 Å². The van der Waals surface area contributed by atoms with Gasteiger partial charge in [-0.1, -0.05) is 0 Å². The Morgan fingerprint density at radius 3 is 3.14 bits per heavy atom. The minimum Gasteiger partial charge on any atom is -0.498 e. The minimum absolute atomic E-state index is 0.322. The van der Waals surface area contributed by atoms with Gasteiger partial charge in [-0.05, 0) is 12.1 Å². The van der Waals surface area contributed by atoms with E-state index in [1.54, 1.807) is 25.3 Å². The summed E-state index contributed by atoms with van der Waals surface area (Å²) in [5, 5.41) is 12.4. The summed E-state index contributed by atoms with van der Waals surface area (Å²) in [7, 11) is 1.59. The highest BCUT2D eigenvalue weighted by Crippen LogP contribution is 2.18. The molecule has 0 saturated heterocycles. The van der Waals surface area contributed by atoms with Crippen molar-refractivity contribution in [3.8, 4) is 11.8 Å². The Bertz CT molecular complexity index is 522. The van der Waals surface area contributed by atoms with Crippen molar-refractivity contribution in [2.75, 3.05) is 7.11 Å². The van der Waals surface area contributed by atoms with Crippen LogP contribution in [0.2, 0.25) is 0 Å². The summed E-state index contributed by atoms with van der Waals surface area (Å²) < 4.78 is 5.04. The van der Waals surface area contributed by atoms with E-state index >= 15 is 0 Å². The van der Waals surface area contributed by atoms with Crippen LogP contribution in [0.15, 0.2) is 18.2 Å². The van der Waals surface area contributed by atoms with E-state index in [9.17, 15) is 5.21 Å². The van der Waals surface area contributed by atoms with Gasteiger partial charge in [-0.3, -0.25) is 0 Å². The first-order valence-corrected chi connectivity index (χ1v) is 3.95. The average molecular weight is 189 g/mol. The van der Waals surface area contributed by atoms with E-state index in [0.29, 0.717) is 5.82 Å². The zero-order valence-electron chi connectivity index (χ0n) is 7.44. The summed E-state index contributed by atoms with van der Waals surface area (Å²) in [6, 6.07) is 7.57. The van der Waals surface area contributed by atoms with E-state index in [1.807, 2.05) is 0 Å². The molecule has 0 saturated carbocycles. The molecule has 0 aliphatic heterocycles. The molecule has 1 aromatic carbocycles. The van der Waals surface area contributed by atoms with Crippen LogP contribution in [-0.4, -0.2) is 17.1 Å².